The molecule has 0 amide bonds. The van der Waals surface area contributed by atoms with Gasteiger partial charge in [-0.2, -0.15) is 0 Å². The Morgan fingerprint density at radius 1 is 1.20 bits per heavy atom. The van der Waals surface area contributed by atoms with Gasteiger partial charge in [-0.3, -0.25) is 4.98 Å². The minimum atomic E-state index is -0.855. The number of anilines is 1. The number of rotatable bonds is 4. The molecule has 0 aliphatic heterocycles. The van der Waals surface area contributed by atoms with Gasteiger partial charge in [-0.25, -0.2) is 9.97 Å². The monoisotopic (exact) mass is 470 g/mol. The molecule has 1 saturated carbocycles. The van der Waals surface area contributed by atoms with Crippen LogP contribution < -0.4 is 5.73 Å². The van der Waals surface area contributed by atoms with Crippen molar-refractivity contribution >= 4 is 43.8 Å². The number of nitrogen functional groups attached to an aromatic ring is 1. The molecule has 30 heavy (non-hydrogen) atoms. The van der Waals surface area contributed by atoms with E-state index >= 15 is 0 Å². The normalized spacial score (nSPS) is 24.3. The number of halogens is 1. The summed E-state index contributed by atoms with van der Waals surface area (Å²) in [5.41, 5.74) is 9.81. The lowest BCUT2D eigenvalue weighted by Gasteiger charge is -2.19. The molecule has 0 saturated heterocycles. The predicted octanol–water partition coefficient (Wildman–Crippen LogP) is 2.58. The fraction of sp³-hybridized carbons (Fsp3) is 0.381. The number of aliphatic hydroxyl groups is 2. The molecule has 1 aliphatic rings. The van der Waals surface area contributed by atoms with Gasteiger partial charge in [0, 0.05) is 29.6 Å². The number of hydrogen-bond acceptors (Lipinski definition) is 6. The van der Waals surface area contributed by atoms with Crippen molar-refractivity contribution in [2.24, 2.45) is 13.0 Å². The first-order valence-electron chi connectivity index (χ1n) is 9.97. The van der Waals surface area contributed by atoms with E-state index in [1.54, 1.807) is 6.20 Å². The first kappa shape index (κ1) is 19.5. The molecule has 8 nitrogen and oxygen atoms in total. The van der Waals surface area contributed by atoms with Gasteiger partial charge < -0.3 is 25.1 Å². The van der Waals surface area contributed by atoms with Crippen molar-refractivity contribution in [2.75, 3.05) is 5.73 Å². The van der Waals surface area contributed by atoms with E-state index in [9.17, 15) is 10.2 Å². The van der Waals surface area contributed by atoms with E-state index in [2.05, 4.69) is 47.6 Å². The third-order valence-electron chi connectivity index (χ3n) is 6.40. The Morgan fingerprint density at radius 2 is 2.03 bits per heavy atom. The summed E-state index contributed by atoms with van der Waals surface area (Å²) >= 11 is 3.47. The third kappa shape index (κ3) is 3.08. The quantitative estimate of drug-likeness (QED) is 0.422. The van der Waals surface area contributed by atoms with Crippen LogP contribution in [-0.2, 0) is 13.5 Å². The Labute approximate surface area is 181 Å². The molecule has 4 N–H and O–H groups in total. The molecule has 4 atom stereocenters. The zero-order chi connectivity index (χ0) is 21.0. The van der Waals surface area contributed by atoms with Crippen LogP contribution >= 0.6 is 15.9 Å². The number of aromatic nitrogens is 5. The van der Waals surface area contributed by atoms with Crippen LogP contribution in [0, 0.1) is 5.92 Å². The Morgan fingerprint density at radius 3 is 2.87 bits per heavy atom. The molecule has 9 heteroatoms. The molecule has 4 heterocycles. The van der Waals surface area contributed by atoms with E-state index in [1.165, 1.54) is 6.33 Å². The molecule has 0 radical (unpaired) electrons. The molecule has 0 aromatic carbocycles. The van der Waals surface area contributed by atoms with Gasteiger partial charge >= 0.3 is 0 Å². The number of aryl methyl sites for hydroxylation is 2. The highest BCUT2D eigenvalue weighted by molar-refractivity contribution is 9.10. The summed E-state index contributed by atoms with van der Waals surface area (Å²) in [6, 6.07) is 5.76. The van der Waals surface area contributed by atoms with Gasteiger partial charge in [0.2, 0.25) is 0 Å². The van der Waals surface area contributed by atoms with Crippen molar-refractivity contribution in [3.05, 3.63) is 47.1 Å². The highest BCUT2D eigenvalue weighted by atomic mass is 79.9. The van der Waals surface area contributed by atoms with Crippen LogP contribution in [0.2, 0.25) is 0 Å². The van der Waals surface area contributed by atoms with Crippen molar-refractivity contribution in [2.45, 2.75) is 37.5 Å². The smallest absolute Gasteiger partial charge is 0.145 e. The molecule has 156 valence electrons. The number of aliphatic hydroxyl groups excluding tert-OH is 2. The Balaban J connectivity index is 1.36. The van der Waals surface area contributed by atoms with E-state index in [4.69, 9.17) is 5.73 Å². The van der Waals surface area contributed by atoms with Gasteiger partial charge in [-0.1, -0.05) is 0 Å². The summed E-state index contributed by atoms with van der Waals surface area (Å²) in [6.45, 7) is 0. The number of hydrogen-bond donors (Lipinski definition) is 3. The van der Waals surface area contributed by atoms with Gasteiger partial charge in [0.25, 0.3) is 0 Å². The molecule has 4 aromatic heterocycles. The van der Waals surface area contributed by atoms with Crippen molar-refractivity contribution in [1.82, 2.24) is 24.1 Å². The zero-order valence-corrected chi connectivity index (χ0v) is 18.1. The molecule has 1 aliphatic carbocycles. The van der Waals surface area contributed by atoms with Gasteiger partial charge in [0.05, 0.1) is 28.6 Å². The van der Waals surface area contributed by atoms with Gasteiger partial charge in [-0.05, 0) is 59.3 Å². The van der Waals surface area contributed by atoms with E-state index in [-0.39, 0.29) is 12.0 Å². The number of fused-ring (bicyclic) bond motifs is 2. The van der Waals surface area contributed by atoms with Gasteiger partial charge in [-0.15, -0.1) is 0 Å². The summed E-state index contributed by atoms with van der Waals surface area (Å²) in [5, 5.41) is 22.3. The standard InChI is InChI=1S/C21H23BrN6O2/c1-27-13(8-15-16(27)7-12(22)9-24-15)3-2-11-6-17(19(30)18(11)29)28-5-4-14-20(23)25-10-26-21(14)28/h4-5,7-11,17-19,29-30H,2-3,6H2,1H3,(H2,23,25,26)/t11-,17+,18+,19-/m0/s1. The van der Waals surface area contributed by atoms with Gasteiger partial charge in [0.1, 0.15) is 23.9 Å². The summed E-state index contributed by atoms with van der Waals surface area (Å²) in [6.07, 6.45) is 5.70. The molecule has 0 spiro atoms. The maximum absolute atomic E-state index is 10.8. The molecule has 0 unspecified atom stereocenters. The number of pyridine rings is 1. The van der Waals surface area contributed by atoms with Gasteiger partial charge in [0.15, 0.2) is 0 Å². The largest absolute Gasteiger partial charge is 0.390 e. The van der Waals surface area contributed by atoms with Crippen LogP contribution in [0.4, 0.5) is 5.82 Å². The predicted molar refractivity (Wildman–Crippen MR) is 118 cm³/mol. The van der Waals surface area contributed by atoms with Crippen LogP contribution in [0.3, 0.4) is 0 Å². The SMILES string of the molecule is Cn1c(CC[C@H]2C[C@@H](n3ccc4c(N)ncnc43)[C@H](O)[C@@H]2O)cc2ncc(Br)cc21. The number of nitrogens with zero attached hydrogens (tertiary/aromatic N) is 5. The summed E-state index contributed by atoms with van der Waals surface area (Å²) < 4.78 is 5.00. The summed E-state index contributed by atoms with van der Waals surface area (Å²) in [4.78, 5) is 12.8. The lowest BCUT2D eigenvalue weighted by Crippen LogP contribution is -2.29. The van der Waals surface area contributed by atoms with Crippen LogP contribution in [0.15, 0.2) is 41.4 Å². The Kier molecular flexibility index (Phi) is 4.76. The minimum Gasteiger partial charge on any atom is -0.390 e. The summed E-state index contributed by atoms with van der Waals surface area (Å²) in [7, 11) is 2.03. The second-order valence-corrected chi connectivity index (χ2v) is 8.97. The van der Waals surface area contributed by atoms with E-state index < -0.39 is 12.2 Å². The molecule has 1 fully saturated rings. The first-order chi connectivity index (χ1) is 14.4. The lowest BCUT2D eigenvalue weighted by atomic mass is 9.98. The second-order valence-electron chi connectivity index (χ2n) is 8.05. The van der Waals surface area contributed by atoms with E-state index in [0.29, 0.717) is 17.9 Å². The average molecular weight is 471 g/mol. The Bertz CT molecular complexity index is 1240. The topological polar surface area (TPSA) is 115 Å². The summed E-state index contributed by atoms with van der Waals surface area (Å²) in [5.74, 6) is 0.402. The van der Waals surface area contributed by atoms with Crippen molar-refractivity contribution in [1.29, 1.82) is 0 Å². The first-order valence-corrected chi connectivity index (χ1v) is 10.8. The third-order valence-corrected chi connectivity index (χ3v) is 6.83. The lowest BCUT2D eigenvalue weighted by molar-refractivity contribution is 0.00540. The van der Waals surface area contributed by atoms with Crippen LogP contribution in [0.5, 0.6) is 0 Å². The van der Waals surface area contributed by atoms with E-state index in [1.807, 2.05) is 23.9 Å². The van der Waals surface area contributed by atoms with E-state index in [0.717, 1.165) is 39.4 Å². The second kappa shape index (κ2) is 7.33. The van der Waals surface area contributed by atoms with Crippen molar-refractivity contribution < 1.29 is 10.2 Å². The highest BCUT2D eigenvalue weighted by Crippen LogP contribution is 2.39. The molecule has 5 rings (SSSR count). The van der Waals surface area contributed by atoms with Crippen LogP contribution in [-0.4, -0.2) is 46.5 Å². The molecule has 0 bridgehead atoms. The molecular formula is C21H23BrN6O2. The average Bonchev–Trinajstić information content (AvgIpc) is 3.37. The van der Waals surface area contributed by atoms with Crippen molar-refractivity contribution in [3.8, 4) is 0 Å². The highest BCUT2D eigenvalue weighted by Gasteiger charge is 2.42. The van der Waals surface area contributed by atoms with Crippen LogP contribution in [0.1, 0.15) is 24.6 Å². The Hall–Kier alpha value is -2.49. The van der Waals surface area contributed by atoms with Crippen molar-refractivity contribution in [3.63, 3.8) is 0 Å². The number of nitrogens with two attached hydrogens (primary N) is 1. The maximum atomic E-state index is 10.8. The minimum absolute atomic E-state index is 0.0145. The fourth-order valence-corrected chi connectivity index (χ4v) is 5.04. The van der Waals surface area contributed by atoms with Crippen LogP contribution in [0.25, 0.3) is 22.1 Å². The fourth-order valence-electron chi connectivity index (χ4n) is 4.72. The molecular weight excluding hydrogens is 448 g/mol. The zero-order valence-electron chi connectivity index (χ0n) is 16.5. The molecule has 4 aromatic rings. The maximum Gasteiger partial charge on any atom is 0.145 e.